The second kappa shape index (κ2) is 4.43. The van der Waals surface area contributed by atoms with Crippen LogP contribution >= 0.6 is 0 Å². The third-order valence-electron chi connectivity index (χ3n) is 2.70. The fourth-order valence-corrected chi connectivity index (χ4v) is 2.84. The highest BCUT2D eigenvalue weighted by Gasteiger charge is 2.18. The molecule has 0 saturated carbocycles. The van der Waals surface area contributed by atoms with Crippen LogP contribution in [-0.4, -0.2) is 33.8 Å². The van der Waals surface area contributed by atoms with E-state index in [9.17, 15) is 8.42 Å². The molecule has 1 aromatic rings. The molecule has 1 saturated heterocycles. The number of benzene rings is 1. The quantitative estimate of drug-likeness (QED) is 0.787. The number of anilines is 1. The normalized spacial score (nSPS) is 20.4. The van der Waals surface area contributed by atoms with Gasteiger partial charge in [-0.25, -0.2) is 13.1 Å². The molecule has 0 aliphatic carbocycles. The molecular weight excluding hydrogens is 224 g/mol. The molecule has 1 fully saturated rings. The van der Waals surface area contributed by atoms with Crippen molar-refractivity contribution in [3.63, 3.8) is 0 Å². The SMILES string of the molecule is Cc1cccc(N2CCNS(=O)(=O)CC2)c1. The number of rotatable bonds is 1. The van der Waals surface area contributed by atoms with Gasteiger partial charge in [0.05, 0.1) is 5.75 Å². The van der Waals surface area contributed by atoms with Crippen LogP contribution < -0.4 is 9.62 Å². The highest BCUT2D eigenvalue weighted by Crippen LogP contribution is 2.16. The Balaban J connectivity index is 2.17. The zero-order chi connectivity index (χ0) is 11.6. The van der Waals surface area contributed by atoms with Gasteiger partial charge in [0.2, 0.25) is 10.0 Å². The lowest BCUT2D eigenvalue weighted by molar-refractivity contribution is 0.586. The molecule has 0 bridgehead atoms. The summed E-state index contributed by atoms with van der Waals surface area (Å²) in [6, 6.07) is 8.14. The largest absolute Gasteiger partial charge is 0.369 e. The molecule has 1 aliphatic rings. The Morgan fingerprint density at radius 1 is 1.31 bits per heavy atom. The highest BCUT2D eigenvalue weighted by molar-refractivity contribution is 7.89. The van der Waals surface area contributed by atoms with Crippen LogP contribution in [0.3, 0.4) is 0 Å². The molecule has 0 atom stereocenters. The lowest BCUT2D eigenvalue weighted by atomic mass is 10.2. The topological polar surface area (TPSA) is 49.4 Å². The van der Waals surface area contributed by atoms with Crippen LogP contribution in [0.4, 0.5) is 5.69 Å². The van der Waals surface area contributed by atoms with Crippen molar-refractivity contribution in [2.24, 2.45) is 0 Å². The summed E-state index contributed by atoms with van der Waals surface area (Å²) in [6.07, 6.45) is 0. The van der Waals surface area contributed by atoms with Gasteiger partial charge in [-0.15, -0.1) is 0 Å². The van der Waals surface area contributed by atoms with E-state index >= 15 is 0 Å². The maximum Gasteiger partial charge on any atom is 0.213 e. The van der Waals surface area contributed by atoms with Gasteiger partial charge in [-0.05, 0) is 24.6 Å². The second-order valence-corrected chi connectivity index (χ2v) is 5.97. The van der Waals surface area contributed by atoms with Crippen molar-refractivity contribution < 1.29 is 8.42 Å². The number of hydrogen-bond acceptors (Lipinski definition) is 3. The molecular formula is C11H16N2O2S. The molecule has 0 aromatic heterocycles. The molecule has 1 heterocycles. The monoisotopic (exact) mass is 240 g/mol. The number of nitrogens with one attached hydrogen (secondary N) is 1. The molecule has 0 radical (unpaired) electrons. The number of aryl methyl sites for hydroxylation is 1. The Bertz CT molecular complexity index is 471. The first-order valence-corrected chi connectivity index (χ1v) is 7.01. The highest BCUT2D eigenvalue weighted by atomic mass is 32.2. The summed E-state index contributed by atoms with van der Waals surface area (Å²) in [7, 11) is -3.06. The van der Waals surface area contributed by atoms with E-state index in [1.54, 1.807) is 0 Å². The van der Waals surface area contributed by atoms with E-state index in [1.807, 2.05) is 25.1 Å². The van der Waals surface area contributed by atoms with Gasteiger partial charge >= 0.3 is 0 Å². The zero-order valence-corrected chi connectivity index (χ0v) is 10.1. The van der Waals surface area contributed by atoms with Crippen LogP contribution in [0.1, 0.15) is 5.56 Å². The van der Waals surface area contributed by atoms with Crippen molar-refractivity contribution in [1.29, 1.82) is 0 Å². The van der Waals surface area contributed by atoms with Gasteiger partial charge in [-0.3, -0.25) is 0 Å². The third kappa shape index (κ3) is 2.74. The summed E-state index contributed by atoms with van der Waals surface area (Å²) < 4.78 is 25.3. The lowest BCUT2D eigenvalue weighted by Crippen LogP contribution is -2.28. The second-order valence-electron chi connectivity index (χ2n) is 4.04. The van der Waals surface area contributed by atoms with Crippen LogP contribution in [0.15, 0.2) is 24.3 Å². The Hall–Kier alpha value is -1.07. The van der Waals surface area contributed by atoms with Gasteiger partial charge in [0, 0.05) is 25.3 Å². The first-order valence-electron chi connectivity index (χ1n) is 5.36. The molecule has 2 rings (SSSR count). The van der Waals surface area contributed by atoms with Crippen molar-refractivity contribution in [3.8, 4) is 0 Å². The molecule has 1 aromatic carbocycles. The molecule has 1 N–H and O–H groups in total. The molecule has 1 aliphatic heterocycles. The Morgan fingerprint density at radius 3 is 2.88 bits per heavy atom. The molecule has 88 valence electrons. The minimum atomic E-state index is -3.06. The van der Waals surface area contributed by atoms with E-state index in [-0.39, 0.29) is 5.75 Å². The Morgan fingerprint density at radius 2 is 2.12 bits per heavy atom. The number of hydrogen-bond donors (Lipinski definition) is 1. The smallest absolute Gasteiger partial charge is 0.213 e. The van der Waals surface area contributed by atoms with Crippen LogP contribution in [0.5, 0.6) is 0 Å². The standard InChI is InChI=1S/C11H16N2O2S/c1-10-3-2-4-11(9-10)13-6-5-12-16(14,15)8-7-13/h2-4,9,12H,5-8H2,1H3. The van der Waals surface area contributed by atoms with Gasteiger partial charge in [0.15, 0.2) is 0 Å². The number of nitrogens with zero attached hydrogens (tertiary/aromatic N) is 1. The van der Waals surface area contributed by atoms with E-state index in [4.69, 9.17) is 0 Å². The van der Waals surface area contributed by atoms with Gasteiger partial charge < -0.3 is 4.90 Å². The minimum absolute atomic E-state index is 0.168. The fraction of sp³-hybridized carbons (Fsp3) is 0.455. The van der Waals surface area contributed by atoms with Crippen molar-refractivity contribution in [2.45, 2.75) is 6.92 Å². The lowest BCUT2D eigenvalue weighted by Gasteiger charge is -2.21. The molecule has 5 heteroatoms. The summed E-state index contributed by atoms with van der Waals surface area (Å²) in [5.41, 5.74) is 2.29. The first kappa shape index (κ1) is 11.4. The predicted octanol–water partition coefficient (Wildman–Crippen LogP) is 0.734. The predicted molar refractivity (Wildman–Crippen MR) is 65.2 cm³/mol. The van der Waals surface area contributed by atoms with Gasteiger partial charge in [0.25, 0.3) is 0 Å². The fourth-order valence-electron chi connectivity index (χ4n) is 1.83. The molecule has 4 nitrogen and oxygen atoms in total. The van der Waals surface area contributed by atoms with Crippen molar-refractivity contribution >= 4 is 15.7 Å². The molecule has 16 heavy (non-hydrogen) atoms. The molecule has 0 spiro atoms. The summed E-state index contributed by atoms with van der Waals surface area (Å²) >= 11 is 0. The zero-order valence-electron chi connectivity index (χ0n) is 9.31. The molecule has 0 amide bonds. The maximum absolute atomic E-state index is 11.4. The summed E-state index contributed by atoms with van der Waals surface area (Å²) in [5.74, 6) is 0.168. The maximum atomic E-state index is 11.4. The van der Waals surface area contributed by atoms with E-state index in [1.165, 1.54) is 5.56 Å². The van der Waals surface area contributed by atoms with E-state index in [2.05, 4.69) is 15.7 Å². The molecule has 0 unspecified atom stereocenters. The summed E-state index contributed by atoms with van der Waals surface area (Å²) in [6.45, 7) is 3.80. The van der Waals surface area contributed by atoms with Crippen molar-refractivity contribution in [2.75, 3.05) is 30.3 Å². The number of sulfonamides is 1. The first-order chi connectivity index (χ1) is 7.57. The Labute approximate surface area is 96.3 Å². The third-order valence-corrected chi connectivity index (χ3v) is 4.06. The average Bonchev–Trinajstić information content (AvgIpc) is 2.39. The van der Waals surface area contributed by atoms with Crippen LogP contribution in [0.25, 0.3) is 0 Å². The van der Waals surface area contributed by atoms with Gasteiger partial charge in [-0.1, -0.05) is 12.1 Å². The van der Waals surface area contributed by atoms with E-state index in [0.717, 1.165) is 12.2 Å². The van der Waals surface area contributed by atoms with Crippen LogP contribution in [0, 0.1) is 6.92 Å². The summed E-state index contributed by atoms with van der Waals surface area (Å²) in [5, 5.41) is 0. The van der Waals surface area contributed by atoms with E-state index in [0.29, 0.717) is 13.1 Å². The van der Waals surface area contributed by atoms with Gasteiger partial charge in [-0.2, -0.15) is 0 Å². The summed E-state index contributed by atoms with van der Waals surface area (Å²) in [4.78, 5) is 2.10. The van der Waals surface area contributed by atoms with Crippen LogP contribution in [0.2, 0.25) is 0 Å². The Kier molecular flexibility index (Phi) is 3.16. The van der Waals surface area contributed by atoms with E-state index < -0.39 is 10.0 Å². The van der Waals surface area contributed by atoms with Crippen molar-refractivity contribution in [1.82, 2.24) is 4.72 Å². The average molecular weight is 240 g/mol. The van der Waals surface area contributed by atoms with Crippen LogP contribution in [-0.2, 0) is 10.0 Å². The van der Waals surface area contributed by atoms with Gasteiger partial charge in [0.1, 0.15) is 0 Å². The minimum Gasteiger partial charge on any atom is -0.369 e. The van der Waals surface area contributed by atoms with Crippen molar-refractivity contribution in [3.05, 3.63) is 29.8 Å².